The zero-order valence-electron chi connectivity index (χ0n) is 16.6. The molecule has 1 heterocycles. The average Bonchev–Trinajstić information content (AvgIpc) is 2.76. The van der Waals surface area contributed by atoms with E-state index in [9.17, 15) is 0 Å². The van der Waals surface area contributed by atoms with Crippen molar-refractivity contribution < 1.29 is 4.57 Å². The van der Waals surface area contributed by atoms with Crippen molar-refractivity contribution in [2.24, 2.45) is 0 Å². The summed E-state index contributed by atoms with van der Waals surface area (Å²) < 4.78 is 2.33. The highest BCUT2D eigenvalue weighted by atomic mass is 32.2. The number of nitrogens with zero attached hydrogens (tertiary/aromatic N) is 1. The number of pyridine rings is 1. The van der Waals surface area contributed by atoms with Gasteiger partial charge >= 0.3 is 0 Å². The summed E-state index contributed by atoms with van der Waals surface area (Å²) in [6.07, 6.45) is 13.0. The van der Waals surface area contributed by atoms with Crippen molar-refractivity contribution in [1.82, 2.24) is 0 Å². The van der Waals surface area contributed by atoms with Gasteiger partial charge in [-0.25, -0.2) is 0 Å². The van der Waals surface area contributed by atoms with Gasteiger partial charge in [0.05, 0.1) is 0 Å². The molecule has 142 valence electrons. The van der Waals surface area contributed by atoms with E-state index in [0.717, 1.165) is 6.54 Å². The van der Waals surface area contributed by atoms with E-state index >= 15 is 0 Å². The number of hydrogen-bond acceptors (Lipinski definition) is 2. The molecule has 3 rings (SSSR count). The summed E-state index contributed by atoms with van der Waals surface area (Å²) in [5, 5.41) is 0. The van der Waals surface area contributed by atoms with E-state index in [1.807, 2.05) is 0 Å². The first-order valence-corrected chi connectivity index (χ1v) is 11.9. The predicted octanol–water partition coefficient (Wildman–Crippen LogP) is 6.78. The van der Waals surface area contributed by atoms with Gasteiger partial charge in [-0.2, -0.15) is 4.57 Å². The smallest absolute Gasteiger partial charge is 0.193 e. The summed E-state index contributed by atoms with van der Waals surface area (Å²) in [5.41, 5.74) is 4.85. The van der Waals surface area contributed by atoms with Gasteiger partial charge < -0.3 is 0 Å². The molecule has 0 fully saturated rings. The van der Waals surface area contributed by atoms with Crippen LogP contribution in [0, 0.1) is 0 Å². The van der Waals surface area contributed by atoms with Gasteiger partial charge in [0.1, 0.15) is 6.54 Å². The number of thioether (sulfide) groups is 2. The lowest BCUT2D eigenvalue weighted by Crippen LogP contribution is -2.38. The lowest BCUT2D eigenvalue weighted by atomic mass is 10.1. The maximum absolute atomic E-state index is 2.33. The Bertz CT molecular complexity index is 879. The Morgan fingerprint density at radius 1 is 0.643 bits per heavy atom. The molecule has 0 aliphatic carbocycles. The Hall–Kier alpha value is -2.23. The molecule has 0 atom stereocenters. The van der Waals surface area contributed by atoms with Gasteiger partial charge in [0.2, 0.25) is 11.4 Å². The molecule has 3 heteroatoms. The zero-order valence-corrected chi connectivity index (χ0v) is 18.3. The minimum Gasteiger partial charge on any atom is -0.193 e. The highest BCUT2D eigenvalue weighted by molar-refractivity contribution is 7.98. The molecule has 0 spiro atoms. The van der Waals surface area contributed by atoms with E-state index in [1.54, 1.807) is 23.5 Å². The largest absolute Gasteiger partial charge is 0.205 e. The average molecular weight is 405 g/mol. The zero-order chi connectivity index (χ0) is 19.8. The van der Waals surface area contributed by atoms with Gasteiger partial charge in [-0.3, -0.25) is 0 Å². The summed E-state index contributed by atoms with van der Waals surface area (Å²) in [4.78, 5) is 2.58. The standard InChI is InChI=1S/C25H26NS2/c1-4-26-22(14-8-20-10-16-24(27-2)17-11-20)6-5-7-23(26)15-9-21-12-18-25(28-3)19-13-21/h5-19H,4H2,1-3H3/q+1/b14-8+,15-9+. The van der Waals surface area contributed by atoms with Crippen LogP contribution >= 0.6 is 23.5 Å². The Labute approximate surface area is 177 Å². The SMILES string of the molecule is CC[n+]1c(/C=C/c2ccc(SC)cc2)cccc1/C=C/c1ccc(SC)cc1. The molecule has 0 amide bonds. The van der Waals surface area contributed by atoms with Crippen LogP contribution in [0.3, 0.4) is 0 Å². The molecule has 0 aliphatic rings. The van der Waals surface area contributed by atoms with Crippen molar-refractivity contribution in [3.05, 3.63) is 89.2 Å². The van der Waals surface area contributed by atoms with Crippen molar-refractivity contribution in [2.45, 2.75) is 23.3 Å². The first-order chi connectivity index (χ1) is 13.7. The van der Waals surface area contributed by atoms with E-state index in [4.69, 9.17) is 0 Å². The van der Waals surface area contributed by atoms with E-state index in [0.29, 0.717) is 0 Å². The van der Waals surface area contributed by atoms with Gasteiger partial charge in [0.15, 0.2) is 0 Å². The van der Waals surface area contributed by atoms with Gasteiger partial charge in [-0.05, 0) is 73.0 Å². The van der Waals surface area contributed by atoms with Crippen LogP contribution in [0.25, 0.3) is 24.3 Å². The monoisotopic (exact) mass is 404 g/mol. The number of rotatable bonds is 7. The molecule has 28 heavy (non-hydrogen) atoms. The van der Waals surface area contributed by atoms with E-state index < -0.39 is 0 Å². The molecular weight excluding hydrogens is 378 g/mol. The number of benzene rings is 2. The van der Waals surface area contributed by atoms with Crippen LogP contribution in [-0.4, -0.2) is 12.5 Å². The summed E-state index contributed by atoms with van der Waals surface area (Å²) in [5.74, 6) is 0. The lowest BCUT2D eigenvalue weighted by molar-refractivity contribution is -0.696. The maximum Gasteiger partial charge on any atom is 0.205 e. The van der Waals surface area contributed by atoms with Crippen LogP contribution in [0.4, 0.5) is 0 Å². The molecule has 0 unspecified atom stereocenters. The number of hydrogen-bond donors (Lipinski definition) is 0. The Balaban J connectivity index is 1.83. The fourth-order valence-electron chi connectivity index (χ4n) is 3.02. The number of aromatic nitrogens is 1. The normalized spacial score (nSPS) is 11.5. The molecule has 0 radical (unpaired) electrons. The molecule has 0 bridgehead atoms. The Morgan fingerprint density at radius 3 is 1.43 bits per heavy atom. The van der Waals surface area contributed by atoms with Gasteiger partial charge in [0.25, 0.3) is 0 Å². The third kappa shape index (κ3) is 5.40. The van der Waals surface area contributed by atoms with Crippen LogP contribution in [0.2, 0.25) is 0 Å². The maximum atomic E-state index is 2.33. The summed E-state index contributed by atoms with van der Waals surface area (Å²) in [6, 6.07) is 23.8. The quantitative estimate of drug-likeness (QED) is 0.316. The minimum absolute atomic E-state index is 0.928. The van der Waals surface area contributed by atoms with Crippen molar-refractivity contribution in [2.75, 3.05) is 12.5 Å². The fourth-order valence-corrected chi connectivity index (χ4v) is 3.84. The van der Waals surface area contributed by atoms with Gasteiger partial charge in [-0.1, -0.05) is 24.3 Å². The third-order valence-electron chi connectivity index (χ3n) is 4.60. The molecule has 1 aromatic heterocycles. The Kier molecular flexibility index (Phi) is 7.58. The second kappa shape index (κ2) is 10.4. The van der Waals surface area contributed by atoms with E-state index in [-0.39, 0.29) is 0 Å². The highest BCUT2D eigenvalue weighted by Crippen LogP contribution is 2.17. The summed E-state index contributed by atoms with van der Waals surface area (Å²) in [7, 11) is 0. The minimum atomic E-state index is 0.928. The first kappa shape index (κ1) is 20.5. The molecule has 3 aromatic rings. The molecule has 1 nitrogen and oxygen atoms in total. The second-order valence-electron chi connectivity index (χ2n) is 6.33. The fraction of sp³-hybridized carbons (Fsp3) is 0.160. The van der Waals surface area contributed by atoms with Crippen LogP contribution in [0.5, 0.6) is 0 Å². The van der Waals surface area contributed by atoms with Crippen molar-refractivity contribution in [3.63, 3.8) is 0 Å². The summed E-state index contributed by atoms with van der Waals surface area (Å²) in [6.45, 7) is 3.12. The van der Waals surface area contributed by atoms with E-state index in [2.05, 4.69) is 115 Å². The van der Waals surface area contributed by atoms with Crippen LogP contribution in [0.15, 0.2) is 76.5 Å². The van der Waals surface area contributed by atoms with Crippen LogP contribution in [-0.2, 0) is 6.54 Å². The van der Waals surface area contributed by atoms with Crippen molar-refractivity contribution in [3.8, 4) is 0 Å². The summed E-state index contributed by atoms with van der Waals surface area (Å²) >= 11 is 3.54. The molecule has 0 N–H and O–H groups in total. The highest BCUT2D eigenvalue weighted by Gasteiger charge is 2.10. The molecule has 0 saturated heterocycles. The second-order valence-corrected chi connectivity index (χ2v) is 8.09. The lowest BCUT2D eigenvalue weighted by Gasteiger charge is -2.03. The van der Waals surface area contributed by atoms with Crippen LogP contribution in [0.1, 0.15) is 29.4 Å². The molecule has 0 saturated carbocycles. The first-order valence-electron chi connectivity index (χ1n) is 9.40. The van der Waals surface area contributed by atoms with E-state index in [1.165, 1.54) is 32.3 Å². The third-order valence-corrected chi connectivity index (χ3v) is 6.09. The Morgan fingerprint density at radius 2 is 1.07 bits per heavy atom. The topological polar surface area (TPSA) is 3.88 Å². The molecular formula is C25H26NS2+. The molecule has 0 aliphatic heterocycles. The predicted molar refractivity (Wildman–Crippen MR) is 127 cm³/mol. The van der Waals surface area contributed by atoms with Crippen LogP contribution < -0.4 is 4.57 Å². The van der Waals surface area contributed by atoms with Crippen molar-refractivity contribution >= 4 is 47.8 Å². The van der Waals surface area contributed by atoms with Gasteiger partial charge in [0, 0.05) is 34.1 Å². The van der Waals surface area contributed by atoms with Crippen molar-refractivity contribution in [1.29, 1.82) is 0 Å². The van der Waals surface area contributed by atoms with Gasteiger partial charge in [-0.15, -0.1) is 23.5 Å². The molecule has 2 aromatic carbocycles.